The van der Waals surface area contributed by atoms with Gasteiger partial charge in [0, 0.05) is 30.5 Å². The van der Waals surface area contributed by atoms with Crippen molar-refractivity contribution in [2.24, 2.45) is 0 Å². The number of nitrogens with zero attached hydrogens (tertiary/aromatic N) is 7. The van der Waals surface area contributed by atoms with Crippen molar-refractivity contribution in [3.05, 3.63) is 54.4 Å². The lowest BCUT2D eigenvalue weighted by Crippen LogP contribution is -2.46. The Morgan fingerprint density at radius 2 is 2.00 bits per heavy atom. The normalized spacial score (nSPS) is 18.8. The van der Waals surface area contributed by atoms with E-state index in [1.165, 1.54) is 49.6 Å². The number of anilines is 3. The Bertz CT molecular complexity index is 1080. The van der Waals surface area contributed by atoms with Gasteiger partial charge in [-0.3, -0.25) is 4.90 Å². The first-order valence-electron chi connectivity index (χ1n) is 10.3. The first-order valence-corrected chi connectivity index (χ1v) is 10.3. The van der Waals surface area contributed by atoms with Crippen LogP contribution < -0.4 is 10.2 Å². The fraction of sp³-hybridized carbons (Fsp3) is 0.364. The van der Waals surface area contributed by atoms with Crippen molar-refractivity contribution in [2.45, 2.75) is 25.8 Å². The second-order valence-corrected chi connectivity index (χ2v) is 7.94. The quantitative estimate of drug-likeness (QED) is 0.705. The summed E-state index contributed by atoms with van der Waals surface area (Å²) in [5.74, 6) is 1.23. The summed E-state index contributed by atoms with van der Waals surface area (Å²) in [6.07, 6.45) is 9.28. The number of imidazole rings is 1. The first kappa shape index (κ1) is 18.6. The third-order valence-corrected chi connectivity index (χ3v) is 5.99. The summed E-state index contributed by atoms with van der Waals surface area (Å²) < 4.78 is 1.99. The maximum atomic E-state index is 8.82. The van der Waals surface area contributed by atoms with E-state index in [2.05, 4.69) is 55.2 Å². The van der Waals surface area contributed by atoms with E-state index in [1.54, 1.807) is 6.33 Å². The van der Waals surface area contributed by atoms with Gasteiger partial charge in [-0.15, -0.1) is 0 Å². The average molecular weight is 400 g/mol. The summed E-state index contributed by atoms with van der Waals surface area (Å²) in [5, 5.41) is 11.9. The van der Waals surface area contributed by atoms with Gasteiger partial charge in [0.05, 0.1) is 18.6 Å². The summed E-state index contributed by atoms with van der Waals surface area (Å²) in [7, 11) is 0. The topological polar surface area (TPSA) is 85.9 Å². The van der Waals surface area contributed by atoms with Crippen LogP contribution in [0.25, 0.3) is 5.69 Å². The van der Waals surface area contributed by atoms with Gasteiger partial charge in [-0.1, -0.05) is 0 Å². The lowest BCUT2D eigenvalue weighted by atomic mass is 10.1. The Morgan fingerprint density at radius 1 is 1.10 bits per heavy atom. The second kappa shape index (κ2) is 7.76. The molecule has 0 aliphatic carbocycles. The van der Waals surface area contributed by atoms with E-state index in [9.17, 15) is 0 Å². The Balaban J connectivity index is 1.28. The van der Waals surface area contributed by atoms with E-state index in [4.69, 9.17) is 5.26 Å². The highest BCUT2D eigenvalue weighted by Crippen LogP contribution is 2.29. The third-order valence-electron chi connectivity index (χ3n) is 5.99. The van der Waals surface area contributed by atoms with E-state index in [0.29, 0.717) is 17.7 Å². The van der Waals surface area contributed by atoms with Gasteiger partial charge in [0.25, 0.3) is 0 Å². The zero-order valence-electron chi connectivity index (χ0n) is 17.0. The number of hydrogen-bond donors (Lipinski definition) is 1. The van der Waals surface area contributed by atoms with Crippen LogP contribution in [0.1, 0.15) is 24.1 Å². The molecule has 3 aromatic rings. The van der Waals surface area contributed by atoms with Crippen molar-refractivity contribution >= 4 is 17.3 Å². The Kier molecular flexibility index (Phi) is 4.81. The number of nitrogens with one attached hydrogen (secondary N) is 1. The fourth-order valence-electron chi connectivity index (χ4n) is 4.23. The molecule has 5 rings (SSSR count). The van der Waals surface area contributed by atoms with Gasteiger partial charge < -0.3 is 14.8 Å². The van der Waals surface area contributed by atoms with E-state index in [0.717, 1.165) is 18.8 Å². The molecule has 0 bridgehead atoms. The van der Waals surface area contributed by atoms with Crippen LogP contribution in [0, 0.1) is 18.3 Å². The molecule has 8 nitrogen and oxygen atoms in total. The zero-order valence-corrected chi connectivity index (χ0v) is 17.0. The van der Waals surface area contributed by atoms with Gasteiger partial charge in [-0.2, -0.15) is 5.26 Å². The number of rotatable bonds is 5. The van der Waals surface area contributed by atoms with Crippen LogP contribution in [0.5, 0.6) is 0 Å². The highest BCUT2D eigenvalue weighted by molar-refractivity contribution is 5.59. The smallest absolute Gasteiger partial charge is 0.158 e. The molecule has 1 N–H and O–H groups in total. The molecule has 2 saturated heterocycles. The van der Waals surface area contributed by atoms with Crippen molar-refractivity contribution in [2.75, 3.05) is 36.4 Å². The summed E-state index contributed by atoms with van der Waals surface area (Å²) in [4.78, 5) is 17.7. The summed E-state index contributed by atoms with van der Waals surface area (Å²) in [6, 6.07) is 9.25. The SMILES string of the molecule is Cc1cc(-n2cnc(Nc3cnc(C#N)cn3)c2)ccc1N1CCC(N2CCC2)C1. The molecule has 0 amide bonds. The first-order chi connectivity index (χ1) is 14.7. The highest BCUT2D eigenvalue weighted by Gasteiger charge is 2.31. The molecule has 1 atom stereocenters. The van der Waals surface area contributed by atoms with Crippen molar-refractivity contribution in [3.63, 3.8) is 0 Å². The molecule has 2 aliphatic rings. The Morgan fingerprint density at radius 3 is 2.70 bits per heavy atom. The lowest BCUT2D eigenvalue weighted by molar-refractivity contribution is 0.129. The van der Waals surface area contributed by atoms with Crippen LogP contribution >= 0.6 is 0 Å². The van der Waals surface area contributed by atoms with Gasteiger partial charge in [-0.05, 0) is 56.6 Å². The van der Waals surface area contributed by atoms with E-state index in [-0.39, 0.29) is 5.69 Å². The standard InChI is InChI=1S/C22H24N8/c1-16-9-18(3-4-20(16)29-8-5-19(13-29)28-6-2-7-28)30-14-22(26-15-30)27-21-12-24-17(10-23)11-25-21/h3-4,9,11-12,14-15,19H,2,5-8,13H2,1H3,(H,25,27). The molecular weight excluding hydrogens is 376 g/mol. The predicted octanol–water partition coefficient (Wildman–Crippen LogP) is 2.87. The van der Waals surface area contributed by atoms with E-state index < -0.39 is 0 Å². The maximum absolute atomic E-state index is 8.82. The van der Waals surface area contributed by atoms with Crippen LogP contribution in [0.3, 0.4) is 0 Å². The molecule has 0 radical (unpaired) electrons. The molecule has 0 spiro atoms. The minimum atomic E-state index is 0.288. The molecule has 8 heteroatoms. The number of hydrogen-bond acceptors (Lipinski definition) is 7. The summed E-state index contributed by atoms with van der Waals surface area (Å²) in [5.41, 5.74) is 3.96. The third kappa shape index (κ3) is 3.60. The van der Waals surface area contributed by atoms with Gasteiger partial charge in [0.2, 0.25) is 0 Å². The molecule has 152 valence electrons. The van der Waals surface area contributed by atoms with Gasteiger partial charge >= 0.3 is 0 Å². The Labute approximate surface area is 175 Å². The van der Waals surface area contributed by atoms with Crippen LogP contribution in [0.15, 0.2) is 43.1 Å². The maximum Gasteiger partial charge on any atom is 0.158 e. The molecular formula is C22H24N8. The molecule has 1 unspecified atom stereocenters. The highest BCUT2D eigenvalue weighted by atomic mass is 15.3. The van der Waals surface area contributed by atoms with Gasteiger partial charge in [0.1, 0.15) is 24.0 Å². The number of likely N-dealkylation sites (tertiary alicyclic amines) is 1. The summed E-state index contributed by atoms with van der Waals surface area (Å²) >= 11 is 0. The minimum Gasteiger partial charge on any atom is -0.370 e. The molecule has 2 fully saturated rings. The molecule has 0 saturated carbocycles. The van der Waals surface area contributed by atoms with Crippen LogP contribution in [-0.4, -0.2) is 56.6 Å². The Hall–Kier alpha value is -3.44. The molecule has 4 heterocycles. The number of aromatic nitrogens is 4. The predicted molar refractivity (Wildman–Crippen MR) is 115 cm³/mol. The van der Waals surface area contributed by atoms with Crippen molar-refractivity contribution < 1.29 is 0 Å². The van der Waals surface area contributed by atoms with Crippen molar-refractivity contribution in [1.29, 1.82) is 5.26 Å². The van der Waals surface area contributed by atoms with E-state index >= 15 is 0 Å². The minimum absolute atomic E-state index is 0.288. The second-order valence-electron chi connectivity index (χ2n) is 7.94. The van der Waals surface area contributed by atoms with Gasteiger partial charge in [0.15, 0.2) is 5.69 Å². The monoisotopic (exact) mass is 400 g/mol. The van der Waals surface area contributed by atoms with Gasteiger partial charge in [-0.25, -0.2) is 15.0 Å². The van der Waals surface area contributed by atoms with E-state index in [1.807, 2.05) is 16.8 Å². The van der Waals surface area contributed by atoms with Crippen molar-refractivity contribution in [1.82, 2.24) is 24.4 Å². The lowest BCUT2D eigenvalue weighted by Gasteiger charge is -2.36. The molecule has 2 aromatic heterocycles. The largest absolute Gasteiger partial charge is 0.370 e. The van der Waals surface area contributed by atoms with Crippen LogP contribution in [0.2, 0.25) is 0 Å². The number of aryl methyl sites for hydroxylation is 1. The average Bonchev–Trinajstić information content (AvgIpc) is 3.37. The van der Waals surface area contributed by atoms with Crippen molar-refractivity contribution in [3.8, 4) is 11.8 Å². The van der Waals surface area contributed by atoms with Crippen LogP contribution in [0.4, 0.5) is 17.3 Å². The number of benzene rings is 1. The molecule has 30 heavy (non-hydrogen) atoms. The molecule has 1 aromatic carbocycles. The zero-order chi connectivity index (χ0) is 20.5. The fourth-order valence-corrected chi connectivity index (χ4v) is 4.23. The molecule has 2 aliphatic heterocycles. The van der Waals surface area contributed by atoms with Crippen LogP contribution in [-0.2, 0) is 0 Å². The summed E-state index contributed by atoms with van der Waals surface area (Å²) in [6.45, 7) is 6.97. The number of nitriles is 1.